The first-order valence-electron chi connectivity index (χ1n) is 4.07. The molecule has 0 spiro atoms. The molecule has 70 valence electrons. The largest absolute Gasteiger partial charge is 0.303 e. The maximum Gasteiger partial charge on any atom is 0.120 e. The molecule has 4 heteroatoms. The third-order valence-corrected chi connectivity index (χ3v) is 3.68. The molecule has 0 N–H and O–H groups in total. The second-order valence-corrected chi connectivity index (χ2v) is 4.82. The van der Waals surface area contributed by atoms with Crippen molar-refractivity contribution in [3.8, 4) is 0 Å². The Labute approximate surface area is 85.9 Å². The predicted octanol–water partition coefficient (Wildman–Crippen LogP) is 2.80. The van der Waals surface area contributed by atoms with Crippen LogP contribution in [0.1, 0.15) is 12.8 Å². The van der Waals surface area contributed by atoms with E-state index in [1.54, 1.807) is 27.8 Å². The molecule has 0 aliphatic rings. The van der Waals surface area contributed by atoms with Gasteiger partial charge in [-0.15, -0.1) is 0 Å². The van der Waals surface area contributed by atoms with Gasteiger partial charge >= 0.3 is 0 Å². The van der Waals surface area contributed by atoms with Gasteiger partial charge in [0.1, 0.15) is 11.3 Å². The molecule has 2 nitrogen and oxygen atoms in total. The lowest BCUT2D eigenvalue weighted by molar-refractivity contribution is -0.107. The number of nitrogens with zero attached hydrogens (tertiary/aromatic N) is 1. The molecule has 0 radical (unpaired) electrons. The van der Waals surface area contributed by atoms with Crippen molar-refractivity contribution in [3.63, 3.8) is 0 Å². The summed E-state index contributed by atoms with van der Waals surface area (Å²) in [7, 11) is 3.40. The molecule has 1 aromatic rings. The molecule has 1 aromatic heterocycles. The Kier molecular flexibility index (Phi) is 5.69. The van der Waals surface area contributed by atoms with Crippen molar-refractivity contribution >= 4 is 27.9 Å². The van der Waals surface area contributed by atoms with Gasteiger partial charge in [-0.25, -0.2) is 4.98 Å². The Balaban J connectivity index is 2.10. The molecule has 0 aliphatic heterocycles. The Hall–Kier alpha value is -0.480. The fraction of sp³-hybridized carbons (Fsp3) is 0.333. The highest BCUT2D eigenvalue weighted by molar-refractivity contribution is 8.76. The average molecular weight is 213 g/mol. The molecule has 0 saturated carbocycles. The summed E-state index contributed by atoms with van der Waals surface area (Å²) in [5.74, 6) is 1.000. The van der Waals surface area contributed by atoms with Crippen LogP contribution < -0.4 is 0 Å². The number of aldehydes is 1. The fourth-order valence-electron chi connectivity index (χ4n) is 0.724. The van der Waals surface area contributed by atoms with E-state index < -0.39 is 0 Å². The molecule has 0 fully saturated rings. The Bertz CT molecular complexity index is 241. The molecule has 0 bridgehead atoms. The first-order valence-corrected chi connectivity index (χ1v) is 6.39. The van der Waals surface area contributed by atoms with Crippen molar-refractivity contribution in [1.82, 2.24) is 4.98 Å². The molecule has 1 heterocycles. The van der Waals surface area contributed by atoms with E-state index in [0.717, 1.165) is 23.5 Å². The van der Waals surface area contributed by atoms with Crippen LogP contribution in [0, 0.1) is 0 Å². The van der Waals surface area contributed by atoms with E-state index in [-0.39, 0.29) is 0 Å². The molecule has 0 unspecified atom stereocenters. The zero-order valence-corrected chi connectivity index (χ0v) is 8.81. The Morgan fingerprint density at radius 3 is 3.08 bits per heavy atom. The van der Waals surface area contributed by atoms with E-state index in [1.165, 1.54) is 0 Å². The van der Waals surface area contributed by atoms with Crippen molar-refractivity contribution in [2.45, 2.75) is 17.9 Å². The molecule has 13 heavy (non-hydrogen) atoms. The van der Waals surface area contributed by atoms with Crippen LogP contribution in [0.5, 0.6) is 0 Å². The van der Waals surface area contributed by atoms with E-state index in [9.17, 15) is 4.79 Å². The number of carbonyl (C=O) groups is 1. The average Bonchev–Trinajstić information content (AvgIpc) is 2.19. The lowest BCUT2D eigenvalue weighted by atomic mass is 10.4. The Morgan fingerprint density at radius 2 is 2.38 bits per heavy atom. The van der Waals surface area contributed by atoms with Crippen molar-refractivity contribution in [1.29, 1.82) is 0 Å². The Morgan fingerprint density at radius 1 is 1.46 bits per heavy atom. The fourth-order valence-corrected chi connectivity index (χ4v) is 2.71. The van der Waals surface area contributed by atoms with Gasteiger partial charge in [0.25, 0.3) is 0 Å². The van der Waals surface area contributed by atoms with Crippen LogP contribution in [0.15, 0.2) is 29.4 Å². The maximum absolute atomic E-state index is 10.0. The SMILES string of the molecule is O=CCCCSSc1ccccn1. The first kappa shape index (κ1) is 10.6. The van der Waals surface area contributed by atoms with Gasteiger partial charge < -0.3 is 4.79 Å². The van der Waals surface area contributed by atoms with Gasteiger partial charge in [0.2, 0.25) is 0 Å². The molecule has 0 aromatic carbocycles. The minimum atomic E-state index is 0.662. The summed E-state index contributed by atoms with van der Waals surface area (Å²) in [6.07, 6.45) is 4.37. The van der Waals surface area contributed by atoms with Gasteiger partial charge in [0.05, 0.1) is 0 Å². The maximum atomic E-state index is 10.0. The molecule has 0 aliphatic carbocycles. The van der Waals surface area contributed by atoms with E-state index >= 15 is 0 Å². The van der Waals surface area contributed by atoms with Gasteiger partial charge in [-0.3, -0.25) is 0 Å². The number of carbonyl (C=O) groups excluding carboxylic acids is 1. The molecule has 1 rings (SSSR count). The lowest BCUT2D eigenvalue weighted by Crippen LogP contribution is -1.79. The van der Waals surface area contributed by atoms with Crippen molar-refractivity contribution in [2.75, 3.05) is 5.75 Å². The summed E-state index contributed by atoms with van der Waals surface area (Å²) in [5, 5.41) is 1.03. The molecule has 0 amide bonds. The number of unbranched alkanes of at least 4 members (excludes halogenated alkanes) is 1. The predicted molar refractivity (Wildman–Crippen MR) is 57.9 cm³/mol. The van der Waals surface area contributed by atoms with E-state index in [0.29, 0.717) is 6.42 Å². The highest BCUT2D eigenvalue weighted by Gasteiger charge is 1.94. The smallest absolute Gasteiger partial charge is 0.120 e. The normalized spacial score (nSPS) is 9.85. The second-order valence-electron chi connectivity index (χ2n) is 2.38. The van der Waals surface area contributed by atoms with E-state index in [2.05, 4.69) is 4.98 Å². The third kappa shape index (κ3) is 4.95. The van der Waals surface area contributed by atoms with Crippen LogP contribution in [0.4, 0.5) is 0 Å². The number of hydrogen-bond acceptors (Lipinski definition) is 4. The zero-order valence-electron chi connectivity index (χ0n) is 7.18. The summed E-state index contributed by atoms with van der Waals surface area (Å²) in [4.78, 5) is 14.2. The quantitative estimate of drug-likeness (QED) is 0.413. The van der Waals surface area contributed by atoms with Crippen LogP contribution >= 0.6 is 21.6 Å². The van der Waals surface area contributed by atoms with Gasteiger partial charge in [-0.05, 0) is 29.3 Å². The van der Waals surface area contributed by atoms with Crippen LogP contribution in [0.2, 0.25) is 0 Å². The van der Waals surface area contributed by atoms with Crippen molar-refractivity contribution in [3.05, 3.63) is 24.4 Å². The van der Waals surface area contributed by atoms with Crippen molar-refractivity contribution in [2.24, 2.45) is 0 Å². The van der Waals surface area contributed by atoms with E-state index in [1.807, 2.05) is 18.2 Å². The highest BCUT2D eigenvalue weighted by Crippen LogP contribution is 2.29. The van der Waals surface area contributed by atoms with Crippen LogP contribution in [0.25, 0.3) is 0 Å². The zero-order chi connectivity index (χ0) is 9.36. The molecule has 0 saturated heterocycles. The summed E-state index contributed by atoms with van der Waals surface area (Å²) in [6.45, 7) is 0. The summed E-state index contributed by atoms with van der Waals surface area (Å²) in [6, 6.07) is 5.86. The summed E-state index contributed by atoms with van der Waals surface area (Å²) < 4.78 is 0. The number of hydrogen-bond donors (Lipinski definition) is 0. The summed E-state index contributed by atoms with van der Waals surface area (Å²) >= 11 is 0. The van der Waals surface area contributed by atoms with Crippen molar-refractivity contribution < 1.29 is 4.79 Å². The molecular formula is C9H11NOS2. The molecular weight excluding hydrogens is 202 g/mol. The number of pyridine rings is 1. The van der Waals surface area contributed by atoms with Crippen LogP contribution in [-0.4, -0.2) is 17.0 Å². The highest BCUT2D eigenvalue weighted by atomic mass is 33.1. The standard InChI is InChI=1S/C9H11NOS2/c11-7-3-4-8-12-13-9-5-1-2-6-10-9/h1-2,5-7H,3-4,8H2. The van der Waals surface area contributed by atoms with Gasteiger partial charge in [-0.2, -0.15) is 0 Å². The monoisotopic (exact) mass is 213 g/mol. The number of aromatic nitrogens is 1. The van der Waals surface area contributed by atoms with Crippen LogP contribution in [-0.2, 0) is 4.79 Å². The number of rotatable bonds is 6. The molecule has 0 atom stereocenters. The minimum absolute atomic E-state index is 0.662. The summed E-state index contributed by atoms with van der Waals surface area (Å²) in [5.41, 5.74) is 0. The van der Waals surface area contributed by atoms with Crippen LogP contribution in [0.3, 0.4) is 0 Å². The minimum Gasteiger partial charge on any atom is -0.303 e. The second kappa shape index (κ2) is 6.97. The van der Waals surface area contributed by atoms with Gasteiger partial charge in [0.15, 0.2) is 0 Å². The van der Waals surface area contributed by atoms with Gasteiger partial charge in [-0.1, -0.05) is 16.9 Å². The lowest BCUT2D eigenvalue weighted by Gasteiger charge is -1.97. The topological polar surface area (TPSA) is 30.0 Å². The van der Waals surface area contributed by atoms with E-state index in [4.69, 9.17) is 0 Å². The third-order valence-electron chi connectivity index (χ3n) is 1.33. The first-order chi connectivity index (χ1) is 6.43. The van der Waals surface area contributed by atoms with Gasteiger partial charge in [0, 0.05) is 18.4 Å².